The lowest BCUT2D eigenvalue weighted by Crippen LogP contribution is -2.49. The zero-order chi connectivity index (χ0) is 20.4. The van der Waals surface area contributed by atoms with E-state index in [0.717, 1.165) is 31.4 Å². The molecule has 3 N–H and O–H groups in total. The molecule has 6 nitrogen and oxygen atoms in total. The number of carbonyl (C=O) groups is 2. The number of anilines is 1. The van der Waals surface area contributed by atoms with Crippen molar-refractivity contribution >= 4 is 41.5 Å². The first-order chi connectivity index (χ1) is 14.0. The lowest BCUT2D eigenvalue weighted by atomic mass is 9.85. The van der Waals surface area contributed by atoms with Crippen molar-refractivity contribution in [1.29, 1.82) is 0 Å². The Bertz CT molecular complexity index is 901. The summed E-state index contributed by atoms with van der Waals surface area (Å²) in [5.41, 5.74) is 7.76. The largest absolute Gasteiger partial charge is 0.328 e. The van der Waals surface area contributed by atoms with Crippen molar-refractivity contribution in [3.63, 3.8) is 0 Å². The Morgan fingerprint density at radius 3 is 2.60 bits per heavy atom. The predicted octanol–water partition coefficient (Wildman–Crippen LogP) is 3.68. The molecule has 1 saturated carbocycles. The normalized spacial score (nSPS) is 23.8. The van der Waals surface area contributed by atoms with Gasteiger partial charge >= 0.3 is 0 Å². The van der Waals surface area contributed by atoms with Crippen LogP contribution < -0.4 is 11.1 Å². The van der Waals surface area contributed by atoms with Crippen molar-refractivity contribution in [2.45, 2.75) is 44.2 Å². The quantitative estimate of drug-likeness (QED) is 0.746. The third-order valence-corrected chi connectivity index (χ3v) is 6.12. The summed E-state index contributed by atoms with van der Waals surface area (Å²) in [6.07, 6.45) is 5.91. The van der Waals surface area contributed by atoms with E-state index in [0.29, 0.717) is 35.2 Å². The second kappa shape index (κ2) is 9.77. The topological polar surface area (TPSA) is 88.3 Å². The van der Waals surface area contributed by atoms with Gasteiger partial charge in [0.2, 0.25) is 5.91 Å². The number of nitrogens with two attached hydrogens (primary N) is 1. The minimum Gasteiger partial charge on any atom is -0.328 e. The number of carbonyl (C=O) groups excluding carboxylic acids is 2. The number of hydrogen-bond acceptors (Lipinski definition) is 4. The molecule has 1 fully saturated rings. The monoisotopic (exact) mass is 448 g/mol. The molecule has 4 rings (SSSR count). The maximum absolute atomic E-state index is 13.5. The molecule has 2 aliphatic rings. The van der Waals surface area contributed by atoms with E-state index in [2.05, 4.69) is 10.3 Å². The first kappa shape index (κ1) is 22.5. The fourth-order valence-corrected chi connectivity index (χ4v) is 4.41. The van der Waals surface area contributed by atoms with Crippen LogP contribution in [0.1, 0.15) is 41.7 Å². The molecule has 1 aromatic heterocycles. The van der Waals surface area contributed by atoms with Crippen LogP contribution in [0, 0.1) is 5.92 Å². The van der Waals surface area contributed by atoms with E-state index in [1.54, 1.807) is 29.3 Å². The summed E-state index contributed by atoms with van der Waals surface area (Å²) in [6, 6.07) is 10.2. The molecule has 160 valence electrons. The molecule has 2 amide bonds. The molecule has 1 atom stereocenters. The molecule has 30 heavy (non-hydrogen) atoms. The van der Waals surface area contributed by atoms with Gasteiger partial charge < -0.3 is 16.0 Å². The van der Waals surface area contributed by atoms with Crippen LogP contribution >= 0.6 is 24.0 Å². The number of aromatic nitrogens is 1. The summed E-state index contributed by atoms with van der Waals surface area (Å²) in [4.78, 5) is 32.7. The van der Waals surface area contributed by atoms with E-state index in [4.69, 9.17) is 17.3 Å². The van der Waals surface area contributed by atoms with Crippen molar-refractivity contribution in [2.75, 3.05) is 11.9 Å². The Kier molecular flexibility index (Phi) is 7.34. The van der Waals surface area contributed by atoms with Gasteiger partial charge in [-0.1, -0.05) is 17.7 Å². The molecule has 0 radical (unpaired) electrons. The minimum absolute atomic E-state index is 0. The Hall–Kier alpha value is -2.15. The Morgan fingerprint density at radius 1 is 1.13 bits per heavy atom. The SMILES string of the molecule is Cl.NC1CCC(CN2C(=O)c3ccc(Cl)cc3NC(=O)C2Cc2ccccn2)CC1. The van der Waals surface area contributed by atoms with E-state index < -0.39 is 6.04 Å². The van der Waals surface area contributed by atoms with Gasteiger partial charge in [0.05, 0.1) is 11.3 Å². The number of fused-ring (bicyclic) bond motifs is 1. The number of pyridine rings is 1. The summed E-state index contributed by atoms with van der Waals surface area (Å²) >= 11 is 6.10. The lowest BCUT2D eigenvalue weighted by molar-refractivity contribution is -0.120. The second-order valence-electron chi connectivity index (χ2n) is 7.96. The van der Waals surface area contributed by atoms with Crippen LogP contribution in [0.5, 0.6) is 0 Å². The number of nitrogens with zero attached hydrogens (tertiary/aromatic N) is 2. The van der Waals surface area contributed by atoms with Crippen molar-refractivity contribution in [3.05, 3.63) is 58.9 Å². The summed E-state index contributed by atoms with van der Waals surface area (Å²) < 4.78 is 0. The second-order valence-corrected chi connectivity index (χ2v) is 8.39. The molecule has 1 aliphatic carbocycles. The highest BCUT2D eigenvalue weighted by molar-refractivity contribution is 6.31. The predicted molar refractivity (Wildman–Crippen MR) is 120 cm³/mol. The first-order valence-corrected chi connectivity index (χ1v) is 10.5. The molecular weight excluding hydrogens is 423 g/mol. The van der Waals surface area contributed by atoms with Gasteiger partial charge in [0.15, 0.2) is 0 Å². The van der Waals surface area contributed by atoms with E-state index in [1.165, 1.54) is 0 Å². The number of hydrogen-bond donors (Lipinski definition) is 2. The standard InChI is InChI=1S/C22H25ClN4O2.ClH/c23-15-6-9-18-19(11-15)26-21(28)20(12-17-3-1-2-10-25-17)27(22(18)29)13-14-4-7-16(24)8-5-14;/h1-3,6,9-11,14,16,20H,4-5,7-8,12-13,24H2,(H,26,28);1H. The zero-order valence-corrected chi connectivity index (χ0v) is 18.2. The van der Waals surface area contributed by atoms with Gasteiger partial charge in [0, 0.05) is 35.9 Å². The third kappa shape index (κ3) is 4.94. The number of halogens is 2. The zero-order valence-electron chi connectivity index (χ0n) is 16.6. The van der Waals surface area contributed by atoms with Gasteiger partial charge in [0.1, 0.15) is 6.04 Å². The summed E-state index contributed by atoms with van der Waals surface area (Å²) in [6.45, 7) is 0.540. The van der Waals surface area contributed by atoms with Crippen molar-refractivity contribution in [2.24, 2.45) is 11.7 Å². The molecule has 0 saturated heterocycles. The van der Waals surface area contributed by atoms with Gasteiger partial charge in [0.25, 0.3) is 5.91 Å². The Balaban J connectivity index is 0.00000256. The fraction of sp³-hybridized carbons (Fsp3) is 0.409. The minimum atomic E-state index is -0.626. The van der Waals surface area contributed by atoms with Crippen molar-refractivity contribution < 1.29 is 9.59 Å². The maximum Gasteiger partial charge on any atom is 0.256 e. The average Bonchev–Trinajstić information content (AvgIpc) is 2.80. The summed E-state index contributed by atoms with van der Waals surface area (Å²) in [7, 11) is 0. The van der Waals surface area contributed by atoms with Crippen molar-refractivity contribution in [3.8, 4) is 0 Å². The Morgan fingerprint density at radius 2 is 1.90 bits per heavy atom. The van der Waals surface area contributed by atoms with Crippen LogP contribution in [0.3, 0.4) is 0 Å². The molecule has 1 unspecified atom stereocenters. The van der Waals surface area contributed by atoms with E-state index in [-0.39, 0.29) is 30.3 Å². The highest BCUT2D eigenvalue weighted by atomic mass is 35.5. The van der Waals surface area contributed by atoms with Crippen LogP contribution in [-0.2, 0) is 11.2 Å². The molecule has 2 heterocycles. The van der Waals surface area contributed by atoms with Crippen LogP contribution in [-0.4, -0.2) is 40.3 Å². The van der Waals surface area contributed by atoms with Crippen LogP contribution in [0.25, 0.3) is 0 Å². The number of benzene rings is 1. The van der Waals surface area contributed by atoms with Crippen LogP contribution in [0.15, 0.2) is 42.6 Å². The third-order valence-electron chi connectivity index (χ3n) is 5.88. The fourth-order valence-electron chi connectivity index (χ4n) is 4.24. The van der Waals surface area contributed by atoms with Gasteiger partial charge in [-0.05, 0) is 61.9 Å². The van der Waals surface area contributed by atoms with Gasteiger partial charge in [-0.3, -0.25) is 14.6 Å². The van der Waals surface area contributed by atoms with Gasteiger partial charge in [-0.2, -0.15) is 0 Å². The molecular formula is C22H26Cl2N4O2. The lowest BCUT2D eigenvalue weighted by Gasteiger charge is -2.34. The van der Waals surface area contributed by atoms with E-state index in [1.807, 2.05) is 18.2 Å². The highest BCUT2D eigenvalue weighted by Crippen LogP contribution is 2.30. The average molecular weight is 449 g/mol. The highest BCUT2D eigenvalue weighted by Gasteiger charge is 2.37. The number of amides is 2. The van der Waals surface area contributed by atoms with Crippen LogP contribution in [0.4, 0.5) is 5.69 Å². The number of rotatable bonds is 4. The Labute approximate surface area is 187 Å². The molecule has 1 aliphatic heterocycles. The van der Waals surface area contributed by atoms with Gasteiger partial charge in [-0.15, -0.1) is 12.4 Å². The molecule has 8 heteroatoms. The number of nitrogens with one attached hydrogen (secondary N) is 1. The van der Waals surface area contributed by atoms with E-state index >= 15 is 0 Å². The molecule has 2 aromatic rings. The smallest absolute Gasteiger partial charge is 0.256 e. The van der Waals surface area contributed by atoms with Gasteiger partial charge in [-0.25, -0.2) is 0 Å². The van der Waals surface area contributed by atoms with E-state index in [9.17, 15) is 9.59 Å². The van der Waals surface area contributed by atoms with Crippen molar-refractivity contribution in [1.82, 2.24) is 9.88 Å². The maximum atomic E-state index is 13.5. The summed E-state index contributed by atoms with van der Waals surface area (Å²) in [5.74, 6) is -0.0185. The molecule has 0 bridgehead atoms. The molecule has 1 aromatic carbocycles. The first-order valence-electron chi connectivity index (χ1n) is 10.1. The summed E-state index contributed by atoms with van der Waals surface area (Å²) in [5, 5.41) is 3.38. The van der Waals surface area contributed by atoms with Crippen LogP contribution in [0.2, 0.25) is 5.02 Å². The molecule has 0 spiro atoms.